The Morgan fingerprint density at radius 3 is 1.59 bits per heavy atom. The Balaban J connectivity index is 1.67. The highest BCUT2D eigenvalue weighted by Gasteiger charge is 2.49. The highest BCUT2D eigenvalue weighted by Crippen LogP contribution is 2.58. The lowest BCUT2D eigenvalue weighted by molar-refractivity contribution is -0.154. The lowest BCUT2D eigenvalue weighted by atomic mass is 9.77. The minimum absolute atomic E-state index is 0.182. The second kappa shape index (κ2) is 16.7. The molecule has 14 heteroatoms. The van der Waals surface area contributed by atoms with Crippen molar-refractivity contribution in [1.29, 1.82) is 0 Å². The second-order valence-corrected chi connectivity index (χ2v) is 13.0. The minimum atomic E-state index is -1.05. The summed E-state index contributed by atoms with van der Waals surface area (Å²) in [4.78, 5) is 25.7. The van der Waals surface area contributed by atoms with E-state index in [0.717, 1.165) is 0 Å². The summed E-state index contributed by atoms with van der Waals surface area (Å²) in [5, 5.41) is 0. The summed E-state index contributed by atoms with van der Waals surface area (Å²) in [5.41, 5.74) is 2.89. The van der Waals surface area contributed by atoms with Gasteiger partial charge in [-0.05, 0) is 24.3 Å². The number of fused-ring (bicyclic) bond motifs is 2. The summed E-state index contributed by atoms with van der Waals surface area (Å²) < 4.78 is 72.1. The van der Waals surface area contributed by atoms with Crippen LogP contribution in [0, 0.1) is 0 Å². The zero-order valence-electron chi connectivity index (χ0n) is 33.0. The van der Waals surface area contributed by atoms with Gasteiger partial charge in [0, 0.05) is 66.3 Å². The first kappa shape index (κ1) is 39.5. The fourth-order valence-corrected chi connectivity index (χ4v) is 7.51. The SMILES string of the molecule is COc1cc(OC)c2c(c1)O[C@H](c1ccc(OC)c(OC)c1)[C@H](OC(C)=O)[C@H]2c1c(OC)cc(OC)c2c1O[C@H](c1ccc(OC)c(OC)c1)[C@H](OC(C)=O)C2. The number of methoxy groups -OCH3 is 8. The van der Waals surface area contributed by atoms with Crippen LogP contribution in [0.15, 0.2) is 54.6 Å². The number of rotatable bonds is 13. The number of carbonyl (C=O) groups excluding carboxylic acids is 2. The molecule has 2 aliphatic rings. The van der Waals surface area contributed by atoms with Crippen molar-refractivity contribution in [3.05, 3.63) is 82.4 Å². The normalized spacial score (nSPS) is 19.4. The van der Waals surface area contributed by atoms with Crippen LogP contribution in [0.5, 0.6) is 57.5 Å². The van der Waals surface area contributed by atoms with Crippen LogP contribution in [-0.4, -0.2) is 81.0 Å². The summed E-state index contributed by atoms with van der Waals surface area (Å²) in [6, 6.07) is 15.9. The van der Waals surface area contributed by atoms with Gasteiger partial charge in [-0.25, -0.2) is 0 Å². The van der Waals surface area contributed by atoms with E-state index in [1.54, 1.807) is 63.8 Å². The molecule has 0 fully saturated rings. The predicted octanol–water partition coefficient (Wildman–Crippen LogP) is 6.56. The molecular weight excluding hydrogens is 728 g/mol. The van der Waals surface area contributed by atoms with Crippen molar-refractivity contribution < 1.29 is 66.4 Å². The molecular formula is C42H46O14. The third kappa shape index (κ3) is 7.30. The van der Waals surface area contributed by atoms with Gasteiger partial charge in [-0.15, -0.1) is 0 Å². The van der Waals surface area contributed by atoms with Crippen molar-refractivity contribution in [3.8, 4) is 57.5 Å². The topological polar surface area (TPSA) is 145 Å². The van der Waals surface area contributed by atoms with Gasteiger partial charge in [0.1, 0.15) is 40.6 Å². The van der Waals surface area contributed by atoms with Crippen molar-refractivity contribution in [2.45, 2.75) is 50.6 Å². The van der Waals surface area contributed by atoms with Gasteiger partial charge in [-0.2, -0.15) is 0 Å². The first-order valence-corrected chi connectivity index (χ1v) is 17.7. The average molecular weight is 775 g/mol. The Morgan fingerprint density at radius 2 is 1.07 bits per heavy atom. The molecule has 56 heavy (non-hydrogen) atoms. The van der Waals surface area contributed by atoms with Gasteiger partial charge in [0.25, 0.3) is 0 Å². The number of esters is 2. The standard InChI is InChI=1S/C42H46O14/c1-21(43)53-35-19-26-29(48-6)20-33(52-10)37(41(26)56-39(35)23-11-13-27(46-4)30(15-23)49-7)38-36-32(51-9)17-25(45-3)18-34(36)55-40(42(38)54-22(2)44)24-12-14-28(47-5)31(16-24)50-8/h11-18,20,35,38-40,42H,19H2,1-10H3/t35-,38-,39-,40-,42-/m1/s1. The van der Waals surface area contributed by atoms with Crippen molar-refractivity contribution in [1.82, 2.24) is 0 Å². The fourth-order valence-electron chi connectivity index (χ4n) is 7.51. The lowest BCUT2D eigenvalue weighted by Crippen LogP contribution is -2.40. The molecule has 2 heterocycles. The summed E-state index contributed by atoms with van der Waals surface area (Å²) in [6.07, 6.45) is -3.44. The maximum absolute atomic E-state index is 13.2. The quantitative estimate of drug-likeness (QED) is 0.135. The van der Waals surface area contributed by atoms with E-state index in [4.69, 9.17) is 56.8 Å². The molecule has 0 N–H and O–H groups in total. The van der Waals surface area contributed by atoms with Gasteiger partial charge < -0.3 is 56.8 Å². The van der Waals surface area contributed by atoms with Gasteiger partial charge >= 0.3 is 11.9 Å². The predicted molar refractivity (Wildman–Crippen MR) is 202 cm³/mol. The fraction of sp³-hybridized carbons (Fsp3) is 0.381. The molecule has 0 aliphatic carbocycles. The summed E-state index contributed by atoms with van der Waals surface area (Å²) in [6.45, 7) is 2.67. The number of hydrogen-bond acceptors (Lipinski definition) is 14. The van der Waals surface area contributed by atoms with Crippen LogP contribution < -0.4 is 47.4 Å². The molecule has 0 bridgehead atoms. The molecule has 0 saturated carbocycles. The van der Waals surface area contributed by atoms with E-state index >= 15 is 0 Å². The number of benzene rings is 4. The Bertz CT molecular complexity index is 2090. The van der Waals surface area contributed by atoms with Crippen molar-refractivity contribution in [2.24, 2.45) is 0 Å². The first-order chi connectivity index (χ1) is 27.0. The van der Waals surface area contributed by atoms with Crippen molar-refractivity contribution >= 4 is 11.9 Å². The second-order valence-electron chi connectivity index (χ2n) is 13.0. The smallest absolute Gasteiger partial charge is 0.303 e. The van der Waals surface area contributed by atoms with E-state index in [1.165, 1.54) is 49.4 Å². The van der Waals surface area contributed by atoms with Gasteiger partial charge in [0.05, 0.1) is 62.8 Å². The average Bonchev–Trinajstić information content (AvgIpc) is 3.21. The van der Waals surface area contributed by atoms with E-state index in [9.17, 15) is 9.59 Å². The highest BCUT2D eigenvalue weighted by atomic mass is 16.6. The van der Waals surface area contributed by atoms with Gasteiger partial charge in [-0.1, -0.05) is 12.1 Å². The van der Waals surface area contributed by atoms with Crippen LogP contribution in [0.2, 0.25) is 0 Å². The van der Waals surface area contributed by atoms with Crippen LogP contribution in [0.3, 0.4) is 0 Å². The summed E-state index contributed by atoms with van der Waals surface area (Å²) in [7, 11) is 12.3. The molecule has 2 aliphatic heterocycles. The number of ether oxygens (including phenoxy) is 12. The van der Waals surface area contributed by atoms with Gasteiger partial charge in [0.15, 0.2) is 41.3 Å². The van der Waals surface area contributed by atoms with E-state index in [2.05, 4.69) is 0 Å². The minimum Gasteiger partial charge on any atom is -0.496 e. The maximum atomic E-state index is 13.2. The van der Waals surface area contributed by atoms with E-state index < -0.39 is 42.3 Å². The molecule has 0 unspecified atom stereocenters. The van der Waals surface area contributed by atoms with Crippen LogP contribution in [-0.2, 0) is 25.5 Å². The molecule has 0 aromatic heterocycles. The molecule has 4 aromatic rings. The van der Waals surface area contributed by atoms with E-state index in [-0.39, 0.29) is 6.42 Å². The summed E-state index contributed by atoms with van der Waals surface area (Å²) in [5.74, 6) is 2.38. The number of hydrogen-bond donors (Lipinski definition) is 0. The highest BCUT2D eigenvalue weighted by molar-refractivity contribution is 5.70. The molecule has 298 valence electrons. The monoisotopic (exact) mass is 774 g/mol. The number of carbonyl (C=O) groups is 2. The van der Waals surface area contributed by atoms with Crippen LogP contribution >= 0.6 is 0 Å². The lowest BCUT2D eigenvalue weighted by Gasteiger charge is -2.42. The Kier molecular flexibility index (Phi) is 11.8. The molecule has 0 saturated heterocycles. The third-order valence-corrected chi connectivity index (χ3v) is 9.90. The molecule has 0 radical (unpaired) electrons. The van der Waals surface area contributed by atoms with Gasteiger partial charge in [0.2, 0.25) is 0 Å². The van der Waals surface area contributed by atoms with E-state index in [1.807, 2.05) is 12.1 Å². The Morgan fingerprint density at radius 1 is 0.536 bits per heavy atom. The van der Waals surface area contributed by atoms with Crippen LogP contribution in [0.4, 0.5) is 0 Å². The Hall–Kier alpha value is -6.18. The molecule has 0 amide bonds. The summed E-state index contributed by atoms with van der Waals surface area (Å²) >= 11 is 0. The molecule has 5 atom stereocenters. The van der Waals surface area contributed by atoms with Crippen molar-refractivity contribution in [3.63, 3.8) is 0 Å². The van der Waals surface area contributed by atoms with Crippen molar-refractivity contribution in [2.75, 3.05) is 56.9 Å². The first-order valence-electron chi connectivity index (χ1n) is 17.7. The zero-order valence-corrected chi connectivity index (χ0v) is 33.0. The zero-order chi connectivity index (χ0) is 40.3. The molecule has 14 nitrogen and oxygen atoms in total. The van der Waals surface area contributed by atoms with Crippen LogP contribution in [0.25, 0.3) is 0 Å². The van der Waals surface area contributed by atoms with Gasteiger partial charge in [-0.3, -0.25) is 9.59 Å². The van der Waals surface area contributed by atoms with E-state index in [0.29, 0.717) is 85.3 Å². The third-order valence-electron chi connectivity index (χ3n) is 9.90. The molecule has 6 rings (SSSR count). The Labute approximate surface area is 325 Å². The van der Waals surface area contributed by atoms with Crippen LogP contribution in [0.1, 0.15) is 59.8 Å². The molecule has 4 aromatic carbocycles. The maximum Gasteiger partial charge on any atom is 0.303 e. The largest absolute Gasteiger partial charge is 0.496 e. The molecule has 0 spiro atoms.